The van der Waals surface area contributed by atoms with Crippen LogP contribution in [0.1, 0.15) is 23.7 Å². The summed E-state index contributed by atoms with van der Waals surface area (Å²) in [6, 6.07) is 8.81. The zero-order chi connectivity index (χ0) is 28.7. The molecule has 0 spiro atoms. The van der Waals surface area contributed by atoms with Crippen LogP contribution in [0, 0.1) is 0 Å². The quantitative estimate of drug-likeness (QED) is 0.535. The molecular formula is C22H26F6N4O6. The highest BCUT2D eigenvalue weighted by molar-refractivity contribution is 5.73. The Kier molecular flexibility index (Phi) is 10.4. The molecular weight excluding hydrogens is 530 g/mol. The molecule has 0 amide bonds. The van der Waals surface area contributed by atoms with Gasteiger partial charge >= 0.3 is 24.3 Å². The third-order valence-electron chi connectivity index (χ3n) is 5.19. The molecule has 1 atom stereocenters. The van der Waals surface area contributed by atoms with Gasteiger partial charge in [-0.3, -0.25) is 9.58 Å². The van der Waals surface area contributed by atoms with E-state index in [0.717, 1.165) is 44.1 Å². The second-order valence-electron chi connectivity index (χ2n) is 8.48. The number of nitrogens with zero attached hydrogens (tertiary/aromatic N) is 4. The van der Waals surface area contributed by atoms with Crippen LogP contribution in [0.2, 0.25) is 0 Å². The summed E-state index contributed by atoms with van der Waals surface area (Å²) in [5.74, 6) is -3.81. The summed E-state index contributed by atoms with van der Waals surface area (Å²) in [4.78, 5) is 22.5. The lowest BCUT2D eigenvalue weighted by atomic mass is 10.1. The van der Waals surface area contributed by atoms with Crippen LogP contribution in [-0.2, 0) is 22.7 Å². The van der Waals surface area contributed by atoms with Crippen molar-refractivity contribution >= 4 is 11.9 Å². The molecule has 2 aromatic rings. The Morgan fingerprint density at radius 3 is 2.16 bits per heavy atom. The van der Waals surface area contributed by atoms with E-state index in [-0.39, 0.29) is 0 Å². The molecule has 1 unspecified atom stereocenters. The molecule has 212 valence electrons. The monoisotopic (exact) mass is 556 g/mol. The molecule has 2 aliphatic rings. The summed E-state index contributed by atoms with van der Waals surface area (Å²) < 4.78 is 76.6. The third-order valence-corrected chi connectivity index (χ3v) is 5.19. The number of aliphatic carboxylic acids is 2. The highest BCUT2D eigenvalue weighted by atomic mass is 19.4. The largest absolute Gasteiger partial charge is 0.490 e. The van der Waals surface area contributed by atoms with Crippen molar-refractivity contribution in [3.05, 3.63) is 41.7 Å². The maximum atomic E-state index is 10.6. The number of carbonyl (C=O) groups is 2. The summed E-state index contributed by atoms with van der Waals surface area (Å²) in [7, 11) is 4.24. The van der Waals surface area contributed by atoms with Crippen molar-refractivity contribution in [1.29, 1.82) is 0 Å². The summed E-state index contributed by atoms with van der Waals surface area (Å²) in [5, 5.41) is 18.8. The van der Waals surface area contributed by atoms with Gasteiger partial charge in [0.25, 0.3) is 0 Å². The fourth-order valence-corrected chi connectivity index (χ4v) is 3.50. The predicted molar refractivity (Wildman–Crippen MR) is 118 cm³/mol. The summed E-state index contributed by atoms with van der Waals surface area (Å²) in [5.41, 5.74) is 2.56. The van der Waals surface area contributed by atoms with E-state index in [0.29, 0.717) is 12.8 Å². The summed E-state index contributed by atoms with van der Waals surface area (Å²) >= 11 is 0. The van der Waals surface area contributed by atoms with Gasteiger partial charge in [0.05, 0.1) is 11.7 Å². The first-order valence-corrected chi connectivity index (χ1v) is 11.0. The van der Waals surface area contributed by atoms with E-state index < -0.39 is 24.3 Å². The number of fused-ring (bicyclic) bond motifs is 2. The SMILES string of the molecule is CN(C)CCC1CN(Cc2ccc3c(c2)OCO3)Cc2ccnn21.O=C(O)C(F)(F)F.O=C(O)C(F)(F)F. The summed E-state index contributed by atoms with van der Waals surface area (Å²) in [6.45, 7) is 4.28. The number of halogens is 6. The number of hydrogen-bond acceptors (Lipinski definition) is 7. The lowest BCUT2D eigenvalue weighted by Gasteiger charge is -2.34. The van der Waals surface area contributed by atoms with Crippen molar-refractivity contribution in [3.8, 4) is 11.5 Å². The number of rotatable bonds is 5. The van der Waals surface area contributed by atoms with Gasteiger partial charge in [-0.2, -0.15) is 31.4 Å². The van der Waals surface area contributed by atoms with Crippen molar-refractivity contribution in [2.24, 2.45) is 0 Å². The first-order chi connectivity index (χ1) is 17.6. The lowest BCUT2D eigenvalue weighted by molar-refractivity contribution is -0.193. The fourth-order valence-electron chi connectivity index (χ4n) is 3.50. The van der Waals surface area contributed by atoms with Crippen molar-refractivity contribution in [1.82, 2.24) is 19.6 Å². The molecule has 10 nitrogen and oxygen atoms in total. The van der Waals surface area contributed by atoms with Gasteiger partial charge in [0.2, 0.25) is 6.79 Å². The van der Waals surface area contributed by atoms with Gasteiger partial charge in [-0.05, 0) is 50.8 Å². The van der Waals surface area contributed by atoms with Crippen LogP contribution in [0.25, 0.3) is 0 Å². The molecule has 4 rings (SSSR count). The van der Waals surface area contributed by atoms with Crippen LogP contribution in [0.15, 0.2) is 30.5 Å². The second-order valence-corrected chi connectivity index (χ2v) is 8.48. The van der Waals surface area contributed by atoms with Crippen LogP contribution < -0.4 is 9.47 Å². The minimum atomic E-state index is -5.08. The summed E-state index contributed by atoms with van der Waals surface area (Å²) in [6.07, 6.45) is -7.14. The van der Waals surface area contributed by atoms with E-state index in [1.54, 1.807) is 0 Å². The Morgan fingerprint density at radius 2 is 1.61 bits per heavy atom. The van der Waals surface area contributed by atoms with Crippen molar-refractivity contribution in [3.63, 3.8) is 0 Å². The maximum absolute atomic E-state index is 10.6. The standard InChI is InChI=1S/C18H24N4O2.2C2HF3O2/c1-20(2)8-6-16-12-21(11-15-5-7-19-22(15)16)10-14-3-4-17-18(9-14)24-13-23-17;2*3-2(4,5)1(6)7/h3-5,7,9,16H,6,8,10-13H2,1-2H3;2*(H,6,7). The average Bonchev–Trinajstić information content (AvgIpc) is 3.46. The van der Waals surface area contributed by atoms with Crippen molar-refractivity contribution < 1.29 is 55.6 Å². The van der Waals surface area contributed by atoms with Gasteiger partial charge in [-0.25, -0.2) is 9.59 Å². The Morgan fingerprint density at radius 1 is 1.03 bits per heavy atom. The van der Waals surface area contributed by atoms with E-state index in [1.807, 2.05) is 12.3 Å². The predicted octanol–water partition coefficient (Wildman–Crippen LogP) is 3.39. The van der Waals surface area contributed by atoms with Gasteiger partial charge in [0.1, 0.15) is 0 Å². The van der Waals surface area contributed by atoms with E-state index >= 15 is 0 Å². The smallest absolute Gasteiger partial charge is 0.475 e. The van der Waals surface area contributed by atoms with Crippen LogP contribution in [0.5, 0.6) is 11.5 Å². The van der Waals surface area contributed by atoms with Crippen LogP contribution >= 0.6 is 0 Å². The molecule has 2 N–H and O–H groups in total. The van der Waals surface area contributed by atoms with Crippen molar-refractivity contribution in [2.45, 2.75) is 37.9 Å². The first-order valence-electron chi connectivity index (χ1n) is 11.0. The Balaban J connectivity index is 0.000000301. The molecule has 0 radical (unpaired) electrons. The number of carboxylic acid groups (broad SMARTS) is 2. The zero-order valence-electron chi connectivity index (χ0n) is 20.3. The normalized spacial score (nSPS) is 16.6. The number of ether oxygens (including phenoxy) is 2. The van der Waals surface area contributed by atoms with Gasteiger partial charge < -0.3 is 24.6 Å². The number of benzene rings is 1. The third kappa shape index (κ3) is 9.41. The minimum absolute atomic E-state index is 0.328. The molecule has 38 heavy (non-hydrogen) atoms. The Labute approximate surface area is 212 Å². The van der Waals surface area contributed by atoms with Gasteiger partial charge in [-0.1, -0.05) is 6.07 Å². The lowest BCUT2D eigenvalue weighted by Crippen LogP contribution is -2.38. The molecule has 1 aromatic heterocycles. The van der Waals surface area contributed by atoms with Crippen LogP contribution in [0.3, 0.4) is 0 Å². The molecule has 0 saturated heterocycles. The Hall–Kier alpha value is -3.53. The van der Waals surface area contributed by atoms with Crippen molar-refractivity contribution in [2.75, 3.05) is 34.0 Å². The maximum Gasteiger partial charge on any atom is 0.490 e. The van der Waals surface area contributed by atoms with Gasteiger partial charge in [-0.15, -0.1) is 0 Å². The van der Waals surface area contributed by atoms with E-state index in [1.165, 1.54) is 11.3 Å². The number of carboxylic acids is 2. The molecule has 3 heterocycles. The molecule has 0 fully saturated rings. The molecule has 16 heteroatoms. The zero-order valence-corrected chi connectivity index (χ0v) is 20.3. The van der Waals surface area contributed by atoms with Gasteiger partial charge in [0.15, 0.2) is 11.5 Å². The first kappa shape index (κ1) is 30.7. The molecule has 0 saturated carbocycles. The molecule has 1 aromatic carbocycles. The van der Waals surface area contributed by atoms with E-state index in [4.69, 9.17) is 29.3 Å². The molecule has 0 aliphatic carbocycles. The topological polar surface area (TPSA) is 117 Å². The minimum Gasteiger partial charge on any atom is -0.475 e. The second kappa shape index (κ2) is 12.8. The fraction of sp³-hybridized carbons (Fsp3) is 0.500. The van der Waals surface area contributed by atoms with E-state index in [9.17, 15) is 26.3 Å². The Bertz CT molecular complexity index is 1070. The van der Waals surface area contributed by atoms with E-state index in [2.05, 4.69) is 51.9 Å². The number of hydrogen-bond donors (Lipinski definition) is 2. The van der Waals surface area contributed by atoms with Crippen LogP contribution in [0.4, 0.5) is 26.3 Å². The van der Waals surface area contributed by atoms with Crippen LogP contribution in [-0.4, -0.2) is 88.1 Å². The molecule has 2 aliphatic heterocycles. The molecule has 0 bridgehead atoms. The number of alkyl halides is 6. The average molecular weight is 556 g/mol. The van der Waals surface area contributed by atoms with Gasteiger partial charge in [0, 0.05) is 25.8 Å². The highest BCUT2D eigenvalue weighted by Gasteiger charge is 2.38. The number of aromatic nitrogens is 2. The highest BCUT2D eigenvalue weighted by Crippen LogP contribution is 2.33.